The third-order valence-electron chi connectivity index (χ3n) is 2.16. The predicted octanol–water partition coefficient (Wildman–Crippen LogP) is 0.810. The molecule has 0 amide bonds. The van der Waals surface area contributed by atoms with Gasteiger partial charge in [-0.05, 0) is 19.1 Å². The highest BCUT2D eigenvalue weighted by atomic mass is 32.2. The Hall–Kier alpha value is -1.91. The number of nitriles is 1. The van der Waals surface area contributed by atoms with Gasteiger partial charge >= 0.3 is 5.97 Å². The highest BCUT2D eigenvalue weighted by Gasteiger charge is 2.14. The van der Waals surface area contributed by atoms with E-state index in [4.69, 9.17) is 5.26 Å². The first-order valence-electron chi connectivity index (χ1n) is 5.59. The van der Waals surface area contributed by atoms with Gasteiger partial charge in [-0.25, -0.2) is 13.1 Å². The first-order chi connectivity index (χ1) is 8.95. The van der Waals surface area contributed by atoms with E-state index < -0.39 is 22.1 Å². The van der Waals surface area contributed by atoms with Gasteiger partial charge in [0.2, 0.25) is 10.0 Å². The van der Waals surface area contributed by atoms with E-state index >= 15 is 0 Å². The lowest BCUT2D eigenvalue weighted by atomic mass is 10.4. The van der Waals surface area contributed by atoms with E-state index in [1.54, 1.807) is 24.3 Å². The first-order valence-corrected chi connectivity index (χ1v) is 7.08. The summed E-state index contributed by atoms with van der Waals surface area (Å²) in [5.41, 5.74) is 0. The topological polar surface area (TPSA) is 96.3 Å². The molecule has 0 spiro atoms. The van der Waals surface area contributed by atoms with Crippen LogP contribution in [0.15, 0.2) is 35.2 Å². The lowest BCUT2D eigenvalue weighted by Gasteiger charge is -2.07. The number of carbonyl (C=O) groups excluding carboxylic acids is 1. The molecule has 1 aromatic carbocycles. The van der Waals surface area contributed by atoms with Crippen LogP contribution in [0.1, 0.15) is 13.3 Å². The number of hydrogen-bond acceptors (Lipinski definition) is 5. The highest BCUT2D eigenvalue weighted by molar-refractivity contribution is 7.89. The Balaban J connectivity index is 2.46. The van der Waals surface area contributed by atoms with Gasteiger partial charge in [0.15, 0.2) is 6.10 Å². The van der Waals surface area contributed by atoms with Crippen LogP contribution in [-0.4, -0.2) is 27.0 Å². The first kappa shape index (κ1) is 15.1. The molecule has 0 heterocycles. The Morgan fingerprint density at radius 3 is 2.63 bits per heavy atom. The van der Waals surface area contributed by atoms with Crippen LogP contribution in [0, 0.1) is 11.3 Å². The molecule has 1 aromatic rings. The van der Waals surface area contributed by atoms with E-state index in [2.05, 4.69) is 9.46 Å². The Labute approximate surface area is 112 Å². The fraction of sp³-hybridized carbons (Fsp3) is 0.333. The fourth-order valence-electron chi connectivity index (χ4n) is 1.25. The second kappa shape index (κ2) is 6.87. The van der Waals surface area contributed by atoms with Gasteiger partial charge in [-0.15, -0.1) is 0 Å². The maximum absolute atomic E-state index is 11.8. The molecule has 1 atom stereocenters. The van der Waals surface area contributed by atoms with Crippen molar-refractivity contribution in [2.75, 3.05) is 6.54 Å². The van der Waals surface area contributed by atoms with Gasteiger partial charge in [0.05, 0.1) is 11.3 Å². The average Bonchev–Trinajstić information content (AvgIpc) is 2.39. The fourth-order valence-corrected chi connectivity index (χ4v) is 2.31. The summed E-state index contributed by atoms with van der Waals surface area (Å²) in [7, 11) is -3.61. The molecule has 0 radical (unpaired) electrons. The zero-order chi connectivity index (χ0) is 14.3. The minimum atomic E-state index is -3.61. The monoisotopic (exact) mass is 282 g/mol. The summed E-state index contributed by atoms with van der Waals surface area (Å²) in [4.78, 5) is 11.4. The van der Waals surface area contributed by atoms with Crippen LogP contribution in [0.2, 0.25) is 0 Å². The molecule has 19 heavy (non-hydrogen) atoms. The van der Waals surface area contributed by atoms with Crippen molar-refractivity contribution in [1.82, 2.24) is 4.72 Å². The number of hydrogen-bond donors (Lipinski definition) is 1. The van der Waals surface area contributed by atoms with Gasteiger partial charge in [0.1, 0.15) is 6.07 Å². The van der Waals surface area contributed by atoms with Crippen LogP contribution < -0.4 is 4.72 Å². The molecule has 102 valence electrons. The minimum absolute atomic E-state index is 0.0752. The summed E-state index contributed by atoms with van der Waals surface area (Å²) in [5, 5.41) is 8.45. The molecule has 0 saturated heterocycles. The number of ether oxygens (including phenoxy) is 1. The van der Waals surface area contributed by atoms with Crippen LogP contribution in [0.4, 0.5) is 0 Å². The number of nitrogens with zero attached hydrogens (tertiary/aromatic N) is 1. The van der Waals surface area contributed by atoms with Gasteiger partial charge in [-0.1, -0.05) is 18.2 Å². The maximum Gasteiger partial charge on any atom is 0.308 e. The molecule has 1 N–H and O–H groups in total. The normalized spacial score (nSPS) is 12.4. The smallest absolute Gasteiger partial charge is 0.308 e. The standard InChI is InChI=1S/C12H14N2O4S/c1-10(9-13)18-12(15)7-8-14-19(16,17)11-5-3-2-4-6-11/h2-6,10,14H,7-8H2,1H3/t10-/m0/s1. The molecule has 0 unspecified atom stereocenters. The van der Waals surface area contributed by atoms with Crippen LogP contribution in [0.3, 0.4) is 0 Å². The number of esters is 1. The summed E-state index contributed by atoms with van der Waals surface area (Å²) < 4.78 is 30.5. The van der Waals surface area contributed by atoms with Gasteiger partial charge < -0.3 is 4.74 Å². The molecule has 0 aliphatic rings. The molecule has 0 aliphatic heterocycles. The highest BCUT2D eigenvalue weighted by Crippen LogP contribution is 2.06. The molecule has 0 aromatic heterocycles. The SMILES string of the molecule is C[C@@H](C#N)OC(=O)CCNS(=O)(=O)c1ccccc1. The largest absolute Gasteiger partial charge is 0.447 e. The van der Waals surface area contributed by atoms with E-state index in [9.17, 15) is 13.2 Å². The number of carbonyl (C=O) groups is 1. The van der Waals surface area contributed by atoms with Crippen LogP contribution in [0.25, 0.3) is 0 Å². The zero-order valence-electron chi connectivity index (χ0n) is 10.4. The van der Waals surface area contributed by atoms with Gasteiger partial charge in [-0.3, -0.25) is 4.79 Å². The van der Waals surface area contributed by atoms with Crippen molar-refractivity contribution in [3.8, 4) is 6.07 Å². The Morgan fingerprint density at radius 1 is 1.42 bits per heavy atom. The van der Waals surface area contributed by atoms with Gasteiger partial charge in [-0.2, -0.15) is 5.26 Å². The molecule has 0 aliphatic carbocycles. The summed E-state index contributed by atoms with van der Waals surface area (Å²) >= 11 is 0. The summed E-state index contributed by atoms with van der Waals surface area (Å²) in [6.45, 7) is 1.36. The molecule has 6 nitrogen and oxygen atoms in total. The van der Waals surface area contributed by atoms with Crippen molar-refractivity contribution in [3.05, 3.63) is 30.3 Å². The number of sulfonamides is 1. The second-order valence-corrected chi connectivity index (χ2v) is 5.49. The van der Waals surface area contributed by atoms with Crippen LogP contribution >= 0.6 is 0 Å². The number of benzene rings is 1. The third kappa shape index (κ3) is 5.07. The van der Waals surface area contributed by atoms with Crippen molar-refractivity contribution in [3.63, 3.8) is 0 Å². The quantitative estimate of drug-likeness (QED) is 0.779. The Kier molecular flexibility index (Phi) is 5.48. The van der Waals surface area contributed by atoms with E-state index in [0.717, 1.165) is 0 Å². The van der Waals surface area contributed by atoms with Crippen LogP contribution in [-0.2, 0) is 19.6 Å². The molecule has 0 bridgehead atoms. The third-order valence-corrected chi connectivity index (χ3v) is 3.64. The predicted molar refractivity (Wildman–Crippen MR) is 67.4 cm³/mol. The molecule has 0 saturated carbocycles. The van der Waals surface area contributed by atoms with Crippen molar-refractivity contribution in [2.24, 2.45) is 0 Å². The van der Waals surface area contributed by atoms with Crippen molar-refractivity contribution in [1.29, 1.82) is 5.26 Å². The Bertz CT molecular complexity index is 563. The molecular weight excluding hydrogens is 268 g/mol. The maximum atomic E-state index is 11.8. The van der Waals surface area contributed by atoms with Gasteiger partial charge in [0, 0.05) is 6.54 Å². The van der Waals surface area contributed by atoms with Crippen molar-refractivity contribution >= 4 is 16.0 Å². The summed E-state index contributed by atoms with van der Waals surface area (Å²) in [5.74, 6) is -0.621. The van der Waals surface area contributed by atoms with Crippen molar-refractivity contribution in [2.45, 2.75) is 24.3 Å². The lowest BCUT2D eigenvalue weighted by Crippen LogP contribution is -2.27. The molecule has 0 fully saturated rings. The van der Waals surface area contributed by atoms with E-state index in [0.29, 0.717) is 0 Å². The van der Waals surface area contributed by atoms with E-state index in [1.807, 2.05) is 0 Å². The van der Waals surface area contributed by atoms with E-state index in [1.165, 1.54) is 19.1 Å². The lowest BCUT2D eigenvalue weighted by molar-refractivity contribution is -0.145. The molecule has 7 heteroatoms. The number of rotatable bonds is 6. The minimum Gasteiger partial charge on any atom is -0.447 e. The van der Waals surface area contributed by atoms with E-state index in [-0.39, 0.29) is 17.9 Å². The average molecular weight is 282 g/mol. The zero-order valence-corrected chi connectivity index (χ0v) is 11.2. The van der Waals surface area contributed by atoms with Crippen LogP contribution in [0.5, 0.6) is 0 Å². The summed E-state index contributed by atoms with van der Waals surface area (Å²) in [6, 6.07) is 9.59. The summed E-state index contributed by atoms with van der Waals surface area (Å²) in [6.07, 6.45) is -0.962. The second-order valence-electron chi connectivity index (χ2n) is 3.72. The van der Waals surface area contributed by atoms with Crippen molar-refractivity contribution < 1.29 is 17.9 Å². The molecular formula is C12H14N2O4S. The molecule has 1 rings (SSSR count). The van der Waals surface area contributed by atoms with Gasteiger partial charge in [0.25, 0.3) is 0 Å². The number of nitrogens with one attached hydrogen (secondary N) is 1. The Morgan fingerprint density at radius 2 is 2.05 bits per heavy atom.